The van der Waals surface area contributed by atoms with Gasteiger partial charge >= 0.3 is 5.97 Å². The first kappa shape index (κ1) is 15.4. The highest BCUT2D eigenvalue weighted by molar-refractivity contribution is 7.91. The number of ether oxygens (including phenoxy) is 1. The van der Waals surface area contributed by atoms with Crippen molar-refractivity contribution in [2.24, 2.45) is 11.8 Å². The van der Waals surface area contributed by atoms with E-state index in [9.17, 15) is 13.2 Å². The van der Waals surface area contributed by atoms with Gasteiger partial charge < -0.3 is 9.84 Å². The van der Waals surface area contributed by atoms with Crippen molar-refractivity contribution in [1.29, 1.82) is 0 Å². The van der Waals surface area contributed by atoms with Crippen LogP contribution in [0.1, 0.15) is 32.6 Å². The van der Waals surface area contributed by atoms with Crippen LogP contribution in [-0.2, 0) is 19.4 Å². The first-order valence-corrected chi connectivity index (χ1v) is 8.29. The van der Waals surface area contributed by atoms with E-state index in [1.165, 1.54) is 0 Å². The zero-order valence-electron chi connectivity index (χ0n) is 10.8. The largest absolute Gasteiger partial charge is 0.481 e. The van der Waals surface area contributed by atoms with Gasteiger partial charge in [0.25, 0.3) is 0 Å². The van der Waals surface area contributed by atoms with Gasteiger partial charge in [-0.05, 0) is 25.2 Å². The van der Waals surface area contributed by atoms with E-state index in [1.807, 2.05) is 0 Å². The third kappa shape index (κ3) is 4.94. The molecule has 1 saturated heterocycles. The predicted octanol–water partition coefficient (Wildman–Crippen LogP) is 1.33. The molecule has 0 saturated carbocycles. The molecule has 0 aliphatic carbocycles. The maximum absolute atomic E-state index is 11.4. The van der Waals surface area contributed by atoms with Gasteiger partial charge in [-0.15, -0.1) is 0 Å². The van der Waals surface area contributed by atoms with Crippen LogP contribution in [0.2, 0.25) is 0 Å². The maximum atomic E-state index is 11.4. The number of aliphatic carboxylic acids is 1. The standard InChI is InChI=1S/C12H22O5S/c1-2-3-6-17-7-4-11(12(13)14)10-5-8-18(15,16)9-10/h10-11H,2-9H2,1H3,(H,13,14). The van der Waals surface area contributed by atoms with Gasteiger partial charge in [0.1, 0.15) is 0 Å². The summed E-state index contributed by atoms with van der Waals surface area (Å²) in [5, 5.41) is 9.16. The molecular weight excluding hydrogens is 256 g/mol. The Labute approximate surface area is 108 Å². The number of carboxylic acid groups (broad SMARTS) is 1. The molecule has 0 amide bonds. The molecule has 18 heavy (non-hydrogen) atoms. The molecule has 106 valence electrons. The van der Waals surface area contributed by atoms with Crippen LogP contribution in [0, 0.1) is 11.8 Å². The van der Waals surface area contributed by atoms with E-state index >= 15 is 0 Å². The minimum Gasteiger partial charge on any atom is -0.481 e. The lowest BCUT2D eigenvalue weighted by Crippen LogP contribution is -2.26. The van der Waals surface area contributed by atoms with E-state index in [0.717, 1.165) is 12.8 Å². The second kappa shape index (κ2) is 7.09. The van der Waals surface area contributed by atoms with Crippen molar-refractivity contribution in [3.63, 3.8) is 0 Å². The fourth-order valence-electron chi connectivity index (χ4n) is 2.26. The molecule has 5 nitrogen and oxygen atoms in total. The number of rotatable bonds is 8. The van der Waals surface area contributed by atoms with Crippen molar-refractivity contribution in [3.8, 4) is 0 Å². The minimum absolute atomic E-state index is 0.0128. The van der Waals surface area contributed by atoms with E-state index in [0.29, 0.717) is 26.1 Å². The molecule has 0 radical (unpaired) electrons. The Kier molecular flexibility index (Phi) is 6.08. The third-order valence-corrected chi connectivity index (χ3v) is 5.16. The van der Waals surface area contributed by atoms with Gasteiger partial charge in [-0.1, -0.05) is 13.3 Å². The maximum Gasteiger partial charge on any atom is 0.306 e. The quantitative estimate of drug-likeness (QED) is 0.677. The van der Waals surface area contributed by atoms with E-state index in [2.05, 4.69) is 6.92 Å². The van der Waals surface area contributed by atoms with E-state index in [4.69, 9.17) is 9.84 Å². The van der Waals surface area contributed by atoms with Crippen LogP contribution in [0.4, 0.5) is 0 Å². The molecule has 6 heteroatoms. The number of hydrogen-bond donors (Lipinski definition) is 1. The van der Waals surface area contributed by atoms with E-state index in [-0.39, 0.29) is 17.4 Å². The molecule has 1 heterocycles. The number of sulfone groups is 1. The van der Waals surface area contributed by atoms with E-state index in [1.54, 1.807) is 0 Å². The molecule has 0 aromatic carbocycles. The van der Waals surface area contributed by atoms with Crippen LogP contribution in [0.15, 0.2) is 0 Å². The van der Waals surface area contributed by atoms with Gasteiger partial charge in [-0.2, -0.15) is 0 Å². The predicted molar refractivity (Wildman–Crippen MR) is 68.2 cm³/mol. The zero-order chi connectivity index (χ0) is 13.6. The normalized spacial score (nSPS) is 23.9. The van der Waals surface area contributed by atoms with Crippen LogP contribution in [0.5, 0.6) is 0 Å². The molecular formula is C12H22O5S. The first-order chi connectivity index (χ1) is 8.46. The monoisotopic (exact) mass is 278 g/mol. The van der Waals surface area contributed by atoms with Crippen LogP contribution in [-0.4, -0.2) is 44.2 Å². The fourth-order valence-corrected chi connectivity index (χ4v) is 4.14. The molecule has 1 aliphatic heterocycles. The molecule has 0 spiro atoms. The zero-order valence-corrected chi connectivity index (χ0v) is 11.6. The second-order valence-electron chi connectivity index (χ2n) is 4.86. The Hall–Kier alpha value is -0.620. The highest BCUT2D eigenvalue weighted by Crippen LogP contribution is 2.28. The van der Waals surface area contributed by atoms with Gasteiger partial charge in [0.15, 0.2) is 9.84 Å². The number of unbranched alkanes of at least 4 members (excludes halogenated alkanes) is 1. The lowest BCUT2D eigenvalue weighted by Gasteiger charge is -2.17. The minimum atomic E-state index is -3.02. The number of hydrogen-bond acceptors (Lipinski definition) is 4. The number of carboxylic acids is 1. The molecule has 0 aromatic heterocycles. The van der Waals surface area contributed by atoms with Crippen LogP contribution >= 0.6 is 0 Å². The average molecular weight is 278 g/mol. The second-order valence-corrected chi connectivity index (χ2v) is 7.09. The summed E-state index contributed by atoms with van der Waals surface area (Å²) in [6.07, 6.45) is 2.88. The summed E-state index contributed by atoms with van der Waals surface area (Å²) in [6, 6.07) is 0. The topological polar surface area (TPSA) is 80.7 Å². The van der Waals surface area contributed by atoms with Crippen molar-refractivity contribution < 1.29 is 23.1 Å². The van der Waals surface area contributed by atoms with Crippen molar-refractivity contribution in [3.05, 3.63) is 0 Å². The Balaban J connectivity index is 2.39. The van der Waals surface area contributed by atoms with Gasteiger partial charge in [0, 0.05) is 13.2 Å². The summed E-state index contributed by atoms with van der Waals surface area (Å²) in [4.78, 5) is 11.2. The smallest absolute Gasteiger partial charge is 0.306 e. The van der Waals surface area contributed by atoms with Crippen molar-refractivity contribution >= 4 is 15.8 Å². The summed E-state index contributed by atoms with van der Waals surface area (Å²) >= 11 is 0. The molecule has 2 unspecified atom stereocenters. The average Bonchev–Trinajstić information content (AvgIpc) is 2.63. The molecule has 1 N–H and O–H groups in total. The Bertz CT molecular complexity index is 363. The van der Waals surface area contributed by atoms with Crippen LogP contribution < -0.4 is 0 Å². The number of carbonyl (C=O) groups is 1. The molecule has 1 rings (SSSR count). The summed E-state index contributed by atoms with van der Waals surface area (Å²) in [7, 11) is -3.02. The Morgan fingerprint density at radius 3 is 2.67 bits per heavy atom. The molecule has 2 atom stereocenters. The lowest BCUT2D eigenvalue weighted by atomic mass is 9.89. The fraction of sp³-hybridized carbons (Fsp3) is 0.917. The van der Waals surface area contributed by atoms with Crippen LogP contribution in [0.3, 0.4) is 0 Å². The summed E-state index contributed by atoms with van der Waals surface area (Å²) in [6.45, 7) is 3.10. The van der Waals surface area contributed by atoms with Gasteiger partial charge in [-0.25, -0.2) is 8.42 Å². The van der Waals surface area contributed by atoms with Crippen molar-refractivity contribution in [2.75, 3.05) is 24.7 Å². The molecule has 0 aromatic rings. The highest BCUT2D eigenvalue weighted by atomic mass is 32.2. The van der Waals surface area contributed by atoms with Crippen molar-refractivity contribution in [1.82, 2.24) is 0 Å². The Morgan fingerprint density at radius 1 is 1.44 bits per heavy atom. The van der Waals surface area contributed by atoms with Gasteiger partial charge in [0.05, 0.1) is 17.4 Å². The van der Waals surface area contributed by atoms with E-state index < -0.39 is 21.7 Å². The van der Waals surface area contributed by atoms with Crippen molar-refractivity contribution in [2.45, 2.75) is 32.6 Å². The molecule has 1 fully saturated rings. The summed E-state index contributed by atoms with van der Waals surface area (Å²) in [5.41, 5.74) is 0. The Morgan fingerprint density at radius 2 is 2.17 bits per heavy atom. The van der Waals surface area contributed by atoms with Crippen LogP contribution in [0.25, 0.3) is 0 Å². The summed E-state index contributed by atoms with van der Waals surface area (Å²) < 4.78 is 28.1. The first-order valence-electron chi connectivity index (χ1n) is 6.47. The summed E-state index contributed by atoms with van der Waals surface area (Å²) in [5.74, 6) is -1.61. The van der Waals surface area contributed by atoms with Gasteiger partial charge in [0.2, 0.25) is 0 Å². The third-order valence-electron chi connectivity index (χ3n) is 3.37. The van der Waals surface area contributed by atoms with Gasteiger partial charge in [-0.3, -0.25) is 4.79 Å². The molecule has 0 bridgehead atoms. The SMILES string of the molecule is CCCCOCCC(C(=O)O)C1CCS(=O)(=O)C1. The highest BCUT2D eigenvalue weighted by Gasteiger charge is 2.36. The lowest BCUT2D eigenvalue weighted by molar-refractivity contribution is -0.144. The molecule has 1 aliphatic rings.